The summed E-state index contributed by atoms with van der Waals surface area (Å²) in [5.41, 5.74) is 0.871. The molecule has 84 valence electrons. The fourth-order valence-electron chi connectivity index (χ4n) is 2.09. The number of fused-ring (bicyclic) bond motifs is 1. The number of rotatable bonds is 1. The molecule has 1 aliphatic heterocycles. The van der Waals surface area contributed by atoms with Crippen molar-refractivity contribution < 1.29 is 4.74 Å². The second-order valence-electron chi connectivity index (χ2n) is 3.95. The van der Waals surface area contributed by atoms with Crippen LogP contribution in [0, 0.1) is 0 Å². The molecular formula is C11H12ClN3O. The van der Waals surface area contributed by atoms with Crippen molar-refractivity contribution in [3.8, 4) is 0 Å². The van der Waals surface area contributed by atoms with Gasteiger partial charge in [-0.25, -0.2) is 9.67 Å². The van der Waals surface area contributed by atoms with Crippen LogP contribution in [0.25, 0.3) is 10.9 Å². The number of hydrogen-bond acceptors (Lipinski definition) is 3. The molecular weight excluding hydrogens is 226 g/mol. The van der Waals surface area contributed by atoms with Gasteiger partial charge in [-0.1, -0.05) is 11.6 Å². The highest BCUT2D eigenvalue weighted by atomic mass is 35.5. The molecule has 0 spiro atoms. The SMILES string of the molecule is Clc1nccc2cnn([C@H]3CCCCO3)c12. The van der Waals surface area contributed by atoms with Crippen molar-refractivity contribution in [1.29, 1.82) is 0 Å². The molecule has 5 heteroatoms. The van der Waals surface area contributed by atoms with Crippen LogP contribution in [0.1, 0.15) is 25.5 Å². The van der Waals surface area contributed by atoms with Crippen molar-refractivity contribution in [2.45, 2.75) is 25.5 Å². The zero-order valence-corrected chi connectivity index (χ0v) is 9.52. The smallest absolute Gasteiger partial charge is 0.155 e. The van der Waals surface area contributed by atoms with E-state index in [0.29, 0.717) is 5.15 Å². The molecule has 1 atom stereocenters. The molecule has 2 aromatic heterocycles. The summed E-state index contributed by atoms with van der Waals surface area (Å²) in [6.45, 7) is 0.796. The van der Waals surface area contributed by atoms with Crippen LogP contribution in [0.4, 0.5) is 0 Å². The summed E-state index contributed by atoms with van der Waals surface area (Å²) in [6.07, 6.45) is 6.79. The molecule has 0 aliphatic carbocycles. The Kier molecular flexibility index (Phi) is 2.53. The lowest BCUT2D eigenvalue weighted by Crippen LogP contribution is -2.19. The van der Waals surface area contributed by atoms with E-state index in [1.54, 1.807) is 12.4 Å². The predicted octanol–water partition coefficient (Wildman–Crippen LogP) is 2.78. The molecule has 3 heterocycles. The Morgan fingerprint density at radius 2 is 2.38 bits per heavy atom. The average molecular weight is 238 g/mol. The summed E-state index contributed by atoms with van der Waals surface area (Å²) in [7, 11) is 0. The molecule has 4 nitrogen and oxygen atoms in total. The standard InChI is InChI=1S/C11H12ClN3O/c12-11-10-8(4-5-13-11)7-14-15(10)9-3-1-2-6-16-9/h4-5,7,9H,1-3,6H2/t9-/m1/s1. The molecule has 3 rings (SSSR count). The van der Waals surface area contributed by atoms with Crippen molar-refractivity contribution in [3.63, 3.8) is 0 Å². The largest absolute Gasteiger partial charge is 0.356 e. The summed E-state index contributed by atoms with van der Waals surface area (Å²) in [6, 6.07) is 1.91. The lowest BCUT2D eigenvalue weighted by atomic mass is 10.2. The van der Waals surface area contributed by atoms with E-state index < -0.39 is 0 Å². The zero-order valence-electron chi connectivity index (χ0n) is 8.77. The maximum absolute atomic E-state index is 6.10. The van der Waals surface area contributed by atoms with Crippen LogP contribution >= 0.6 is 11.6 Å². The van der Waals surface area contributed by atoms with Crippen molar-refractivity contribution in [3.05, 3.63) is 23.6 Å². The van der Waals surface area contributed by atoms with Gasteiger partial charge in [0.15, 0.2) is 11.4 Å². The van der Waals surface area contributed by atoms with Gasteiger partial charge in [-0.3, -0.25) is 0 Å². The van der Waals surface area contributed by atoms with Gasteiger partial charge in [0.05, 0.1) is 6.20 Å². The van der Waals surface area contributed by atoms with Crippen molar-refractivity contribution in [1.82, 2.24) is 14.8 Å². The van der Waals surface area contributed by atoms with Gasteiger partial charge in [0.2, 0.25) is 0 Å². The second kappa shape index (κ2) is 4.03. The maximum atomic E-state index is 6.10. The van der Waals surface area contributed by atoms with E-state index in [1.165, 1.54) is 6.42 Å². The van der Waals surface area contributed by atoms with Crippen LogP contribution in [0.2, 0.25) is 5.15 Å². The van der Waals surface area contributed by atoms with Gasteiger partial charge >= 0.3 is 0 Å². The van der Waals surface area contributed by atoms with E-state index in [2.05, 4.69) is 10.1 Å². The number of ether oxygens (including phenoxy) is 1. The third-order valence-corrected chi connectivity index (χ3v) is 3.17. The fourth-order valence-corrected chi connectivity index (χ4v) is 2.34. The Bertz CT molecular complexity index is 505. The quantitative estimate of drug-likeness (QED) is 0.716. The highest BCUT2D eigenvalue weighted by Gasteiger charge is 2.19. The maximum Gasteiger partial charge on any atom is 0.155 e. The van der Waals surface area contributed by atoms with Crippen molar-refractivity contribution in [2.24, 2.45) is 0 Å². The lowest BCUT2D eigenvalue weighted by Gasteiger charge is -2.23. The monoisotopic (exact) mass is 237 g/mol. The molecule has 1 aliphatic rings. The molecule has 0 N–H and O–H groups in total. The first-order valence-electron chi connectivity index (χ1n) is 5.45. The Hall–Kier alpha value is -1.13. The van der Waals surface area contributed by atoms with E-state index in [9.17, 15) is 0 Å². The summed E-state index contributed by atoms with van der Waals surface area (Å²) in [5.74, 6) is 0. The molecule has 0 saturated carbocycles. The van der Waals surface area contributed by atoms with Gasteiger partial charge in [-0.2, -0.15) is 5.10 Å². The molecule has 0 bridgehead atoms. The van der Waals surface area contributed by atoms with Crippen molar-refractivity contribution >= 4 is 22.5 Å². The van der Waals surface area contributed by atoms with Gasteiger partial charge in [0.25, 0.3) is 0 Å². The molecule has 0 amide bonds. The van der Waals surface area contributed by atoms with E-state index in [1.807, 2.05) is 10.7 Å². The van der Waals surface area contributed by atoms with Crippen LogP contribution in [-0.2, 0) is 4.74 Å². The van der Waals surface area contributed by atoms with Crippen LogP contribution < -0.4 is 0 Å². The van der Waals surface area contributed by atoms with E-state index in [0.717, 1.165) is 30.4 Å². The molecule has 0 unspecified atom stereocenters. The number of hydrogen-bond donors (Lipinski definition) is 0. The second-order valence-corrected chi connectivity index (χ2v) is 4.31. The fraction of sp³-hybridized carbons (Fsp3) is 0.455. The number of halogens is 1. The minimum absolute atomic E-state index is 0.00736. The van der Waals surface area contributed by atoms with Crippen LogP contribution in [0.15, 0.2) is 18.5 Å². The average Bonchev–Trinajstić information content (AvgIpc) is 2.75. The minimum Gasteiger partial charge on any atom is -0.356 e. The molecule has 16 heavy (non-hydrogen) atoms. The molecule has 0 aromatic carbocycles. The van der Waals surface area contributed by atoms with E-state index in [-0.39, 0.29) is 6.23 Å². The molecule has 0 radical (unpaired) electrons. The van der Waals surface area contributed by atoms with Crippen LogP contribution in [0.3, 0.4) is 0 Å². The first-order chi connectivity index (χ1) is 7.86. The summed E-state index contributed by atoms with van der Waals surface area (Å²) in [4.78, 5) is 4.08. The van der Waals surface area contributed by atoms with Gasteiger partial charge in [-0.05, 0) is 25.3 Å². The summed E-state index contributed by atoms with van der Waals surface area (Å²) in [5, 5.41) is 5.85. The van der Waals surface area contributed by atoms with E-state index >= 15 is 0 Å². The third-order valence-electron chi connectivity index (χ3n) is 2.89. The van der Waals surface area contributed by atoms with Crippen LogP contribution in [0.5, 0.6) is 0 Å². The molecule has 1 fully saturated rings. The van der Waals surface area contributed by atoms with Gasteiger partial charge < -0.3 is 4.74 Å². The highest BCUT2D eigenvalue weighted by molar-refractivity contribution is 6.33. The highest BCUT2D eigenvalue weighted by Crippen LogP contribution is 2.28. The third kappa shape index (κ3) is 1.58. The Balaban J connectivity index is 2.09. The number of aromatic nitrogens is 3. The topological polar surface area (TPSA) is 39.9 Å². The van der Waals surface area contributed by atoms with Gasteiger partial charge in [0, 0.05) is 18.2 Å². The normalized spacial score (nSPS) is 21.4. The zero-order chi connectivity index (χ0) is 11.0. The molecule has 2 aromatic rings. The Morgan fingerprint density at radius 1 is 1.44 bits per heavy atom. The first-order valence-corrected chi connectivity index (χ1v) is 5.83. The number of pyridine rings is 1. The summed E-state index contributed by atoms with van der Waals surface area (Å²) < 4.78 is 7.55. The Labute approximate surface area is 98.2 Å². The molecule has 1 saturated heterocycles. The summed E-state index contributed by atoms with van der Waals surface area (Å²) >= 11 is 6.10. The predicted molar refractivity (Wildman–Crippen MR) is 61.4 cm³/mol. The van der Waals surface area contributed by atoms with Crippen LogP contribution in [-0.4, -0.2) is 21.4 Å². The van der Waals surface area contributed by atoms with Gasteiger partial charge in [0.1, 0.15) is 5.52 Å². The lowest BCUT2D eigenvalue weighted by molar-refractivity contribution is -0.0366. The first kappa shape index (κ1) is 10.1. The van der Waals surface area contributed by atoms with Gasteiger partial charge in [-0.15, -0.1) is 0 Å². The minimum atomic E-state index is 0.00736. The Morgan fingerprint density at radius 3 is 3.19 bits per heavy atom. The van der Waals surface area contributed by atoms with E-state index in [4.69, 9.17) is 16.3 Å². The number of nitrogens with zero attached hydrogens (tertiary/aromatic N) is 3. The van der Waals surface area contributed by atoms with Crippen molar-refractivity contribution in [2.75, 3.05) is 6.61 Å².